The Morgan fingerprint density at radius 1 is 1.10 bits per heavy atom. The molecule has 2 aromatic heterocycles. The van der Waals surface area contributed by atoms with Crippen molar-refractivity contribution >= 4 is 0 Å². The van der Waals surface area contributed by atoms with Crippen molar-refractivity contribution < 1.29 is 9.64 Å². The molecule has 3 atom stereocenters. The fourth-order valence-electron chi connectivity index (χ4n) is 5.00. The summed E-state index contributed by atoms with van der Waals surface area (Å²) in [7, 11) is 1.70. The minimum atomic E-state index is 0.0885. The molecule has 0 aliphatic carbocycles. The highest BCUT2D eigenvalue weighted by atomic mass is 16.5. The summed E-state index contributed by atoms with van der Waals surface area (Å²) < 4.78 is 7.27. The van der Waals surface area contributed by atoms with Crippen LogP contribution in [0.25, 0.3) is 11.1 Å². The second-order valence-electron chi connectivity index (χ2n) is 8.20. The Morgan fingerprint density at radius 2 is 1.90 bits per heavy atom. The van der Waals surface area contributed by atoms with Crippen molar-refractivity contribution in [2.24, 2.45) is 5.92 Å². The summed E-state index contributed by atoms with van der Waals surface area (Å²) in [6.45, 7) is 3.99. The summed E-state index contributed by atoms with van der Waals surface area (Å²) in [6.07, 6.45) is 6.09. The molecule has 1 fully saturated rings. The molecule has 1 N–H and O–H groups in total. The van der Waals surface area contributed by atoms with E-state index < -0.39 is 0 Å². The summed E-state index contributed by atoms with van der Waals surface area (Å²) in [5.41, 5.74) is 4.08. The lowest BCUT2D eigenvalue weighted by Crippen LogP contribution is -3.13. The van der Waals surface area contributed by atoms with Gasteiger partial charge < -0.3 is 14.2 Å². The number of hydrogen-bond acceptors (Lipinski definition) is 4. The Labute approximate surface area is 169 Å². The van der Waals surface area contributed by atoms with Gasteiger partial charge in [0.15, 0.2) is 0 Å². The van der Waals surface area contributed by atoms with E-state index in [1.54, 1.807) is 24.4 Å². The molecule has 1 saturated heterocycles. The summed E-state index contributed by atoms with van der Waals surface area (Å²) in [4.78, 5) is 22.9. The number of aromatic nitrogens is 3. The van der Waals surface area contributed by atoms with Gasteiger partial charge in [-0.2, -0.15) is 0 Å². The number of likely N-dealkylation sites (tertiary alicyclic amines) is 1. The number of piperidine rings is 1. The van der Waals surface area contributed by atoms with Gasteiger partial charge >= 0.3 is 0 Å². The molecule has 0 saturated carbocycles. The number of nitrogens with zero attached hydrogens (tertiary/aromatic N) is 3. The molecule has 3 aromatic rings. The minimum Gasteiger partial charge on any atom is -0.497 e. The highest BCUT2D eigenvalue weighted by Crippen LogP contribution is 2.31. The van der Waals surface area contributed by atoms with E-state index in [1.165, 1.54) is 24.0 Å². The van der Waals surface area contributed by atoms with Crippen molar-refractivity contribution in [3.63, 3.8) is 0 Å². The first-order valence-corrected chi connectivity index (χ1v) is 10.2. The van der Waals surface area contributed by atoms with Crippen molar-refractivity contribution in [1.29, 1.82) is 0 Å². The van der Waals surface area contributed by atoms with Gasteiger partial charge in [0, 0.05) is 47.6 Å². The Kier molecular flexibility index (Phi) is 4.64. The van der Waals surface area contributed by atoms with Crippen LogP contribution in [-0.4, -0.2) is 34.7 Å². The van der Waals surface area contributed by atoms with Gasteiger partial charge in [0.05, 0.1) is 25.8 Å². The van der Waals surface area contributed by atoms with E-state index in [1.807, 2.05) is 22.8 Å². The Hall–Kier alpha value is -2.99. The molecule has 2 bridgehead atoms. The molecule has 6 nitrogen and oxygen atoms in total. The van der Waals surface area contributed by atoms with Crippen molar-refractivity contribution in [2.45, 2.75) is 25.4 Å². The van der Waals surface area contributed by atoms with Gasteiger partial charge in [0.25, 0.3) is 5.56 Å². The molecule has 29 heavy (non-hydrogen) atoms. The molecular formula is C23H25N4O2+. The van der Waals surface area contributed by atoms with E-state index in [0.717, 1.165) is 37.5 Å². The van der Waals surface area contributed by atoms with Gasteiger partial charge in [-0.1, -0.05) is 0 Å². The molecule has 2 aliphatic heterocycles. The van der Waals surface area contributed by atoms with E-state index >= 15 is 0 Å². The average molecular weight is 389 g/mol. The smallest absolute Gasteiger partial charge is 0.258 e. The van der Waals surface area contributed by atoms with Crippen LogP contribution in [0.2, 0.25) is 0 Å². The maximum absolute atomic E-state index is 13.2. The zero-order chi connectivity index (χ0) is 19.8. The van der Waals surface area contributed by atoms with E-state index in [2.05, 4.69) is 28.2 Å². The third-order valence-electron chi connectivity index (χ3n) is 6.28. The average Bonchev–Trinajstić information content (AvgIpc) is 2.76. The molecule has 148 valence electrons. The second kappa shape index (κ2) is 7.44. The third kappa shape index (κ3) is 3.44. The molecule has 0 spiro atoms. The number of methoxy groups -OCH3 is 1. The fraction of sp³-hybridized carbons (Fsp3) is 0.348. The number of fused-ring (bicyclic) bond motifs is 4. The van der Waals surface area contributed by atoms with Crippen LogP contribution in [-0.2, 0) is 13.1 Å². The number of rotatable bonds is 4. The molecule has 1 aromatic carbocycles. The lowest BCUT2D eigenvalue weighted by atomic mass is 9.82. The van der Waals surface area contributed by atoms with Gasteiger partial charge in [0.1, 0.15) is 18.6 Å². The van der Waals surface area contributed by atoms with Crippen LogP contribution in [0, 0.1) is 5.92 Å². The minimum absolute atomic E-state index is 0.0885. The number of ether oxygens (including phenoxy) is 1. The van der Waals surface area contributed by atoms with Crippen LogP contribution in [0.4, 0.5) is 0 Å². The first-order valence-electron chi connectivity index (χ1n) is 10.2. The number of benzene rings is 1. The second-order valence-corrected chi connectivity index (χ2v) is 8.20. The highest BCUT2D eigenvalue weighted by Gasteiger charge is 2.37. The fourth-order valence-corrected chi connectivity index (χ4v) is 5.00. The first kappa shape index (κ1) is 18.1. The number of hydrogen-bond donors (Lipinski definition) is 1. The van der Waals surface area contributed by atoms with Crippen molar-refractivity contribution in [2.75, 3.05) is 20.2 Å². The number of quaternary nitrogens is 1. The molecule has 5 rings (SSSR count). The summed E-state index contributed by atoms with van der Waals surface area (Å²) in [5.74, 6) is 1.87. The van der Waals surface area contributed by atoms with Crippen LogP contribution in [0.15, 0.2) is 59.9 Å². The van der Waals surface area contributed by atoms with Crippen LogP contribution in [0.5, 0.6) is 5.75 Å². The van der Waals surface area contributed by atoms with E-state index in [0.29, 0.717) is 17.4 Å². The number of pyridine rings is 1. The van der Waals surface area contributed by atoms with Crippen molar-refractivity contribution in [3.8, 4) is 16.9 Å². The summed E-state index contributed by atoms with van der Waals surface area (Å²) in [6, 6.07) is 12.5. The molecule has 1 unspecified atom stereocenters. The quantitative estimate of drug-likeness (QED) is 0.735. The standard InChI is InChI=1S/C23H24N4O2/c1-29-20-4-2-16(3-5-20)11-26-12-17-8-18(14-26)22-7-6-21(23(28)27(22)13-17)19-9-24-15-25-10-19/h2-7,9-10,15,17-18H,8,11-14H2,1H3/p+1/t17-,18+/m0/s1. The van der Waals surface area contributed by atoms with Crippen LogP contribution in [0.3, 0.4) is 0 Å². The monoisotopic (exact) mass is 389 g/mol. The van der Waals surface area contributed by atoms with Crippen LogP contribution in [0.1, 0.15) is 23.6 Å². The molecule has 4 heterocycles. The normalized spacial score (nSPS) is 22.7. The zero-order valence-electron chi connectivity index (χ0n) is 16.5. The van der Waals surface area contributed by atoms with Gasteiger partial charge in [-0.3, -0.25) is 4.79 Å². The molecule has 0 radical (unpaired) electrons. The Morgan fingerprint density at radius 3 is 2.66 bits per heavy atom. The first-order chi connectivity index (χ1) is 14.2. The predicted octanol–water partition coefficient (Wildman–Crippen LogP) is 1.52. The predicted molar refractivity (Wildman–Crippen MR) is 110 cm³/mol. The van der Waals surface area contributed by atoms with E-state index in [4.69, 9.17) is 4.74 Å². The van der Waals surface area contributed by atoms with Crippen LogP contribution < -0.4 is 15.2 Å². The van der Waals surface area contributed by atoms with Crippen molar-refractivity contribution in [1.82, 2.24) is 14.5 Å². The third-order valence-corrected chi connectivity index (χ3v) is 6.28. The maximum Gasteiger partial charge on any atom is 0.258 e. The van der Waals surface area contributed by atoms with Gasteiger partial charge in [-0.15, -0.1) is 0 Å². The molecule has 2 aliphatic rings. The zero-order valence-corrected chi connectivity index (χ0v) is 16.5. The van der Waals surface area contributed by atoms with Crippen LogP contribution >= 0.6 is 0 Å². The SMILES string of the molecule is COc1ccc(C[NH+]2C[C@@H]3C[C@H](C2)c2ccc(-c4cncnc4)c(=O)n2C3)cc1. The summed E-state index contributed by atoms with van der Waals surface area (Å²) >= 11 is 0. The maximum atomic E-state index is 13.2. The highest BCUT2D eigenvalue weighted by molar-refractivity contribution is 5.60. The van der Waals surface area contributed by atoms with Gasteiger partial charge in [0.2, 0.25) is 0 Å². The van der Waals surface area contributed by atoms with Crippen molar-refractivity contribution in [3.05, 3.63) is 76.7 Å². The van der Waals surface area contributed by atoms with Gasteiger partial charge in [-0.05, 0) is 42.8 Å². The Bertz CT molecular complexity index is 1060. The van der Waals surface area contributed by atoms with E-state index in [-0.39, 0.29) is 5.56 Å². The topological polar surface area (TPSA) is 61.5 Å². The molecule has 6 heteroatoms. The number of nitrogens with one attached hydrogen (secondary N) is 1. The summed E-state index contributed by atoms with van der Waals surface area (Å²) in [5, 5.41) is 0. The molecule has 0 amide bonds. The van der Waals surface area contributed by atoms with Gasteiger partial charge in [-0.25, -0.2) is 9.97 Å². The lowest BCUT2D eigenvalue weighted by Gasteiger charge is -2.40. The molecular weight excluding hydrogens is 364 g/mol. The Balaban J connectivity index is 1.39. The van der Waals surface area contributed by atoms with E-state index in [9.17, 15) is 4.79 Å². The lowest BCUT2D eigenvalue weighted by molar-refractivity contribution is -0.924. The largest absolute Gasteiger partial charge is 0.497 e.